The van der Waals surface area contributed by atoms with Crippen molar-refractivity contribution in [3.8, 4) is 0 Å². The molecular weight excluding hydrogens is 164 g/mol. The molecule has 0 spiro atoms. The normalized spacial score (nSPS) is 29.3. The van der Waals surface area contributed by atoms with Crippen molar-refractivity contribution in [3.05, 3.63) is 0 Å². The topological polar surface area (TPSA) is 24.5 Å². The minimum Gasteiger partial charge on any atom is -0.380 e. The van der Waals surface area contributed by atoms with Crippen LogP contribution in [0.25, 0.3) is 0 Å². The molecule has 0 bridgehead atoms. The van der Waals surface area contributed by atoms with Gasteiger partial charge in [-0.25, -0.2) is 0 Å². The van der Waals surface area contributed by atoms with Gasteiger partial charge in [-0.3, -0.25) is 0 Å². The van der Waals surface area contributed by atoms with Crippen LogP contribution in [0.2, 0.25) is 0 Å². The molecule has 3 heteroatoms. The van der Waals surface area contributed by atoms with Gasteiger partial charge in [0.25, 0.3) is 0 Å². The van der Waals surface area contributed by atoms with Crippen molar-refractivity contribution >= 4 is 0 Å². The van der Waals surface area contributed by atoms with Gasteiger partial charge in [-0.1, -0.05) is 13.8 Å². The predicted octanol–water partition coefficient (Wildman–Crippen LogP) is 0.951. The average molecular weight is 188 g/mol. The third-order valence-electron chi connectivity index (χ3n) is 2.43. The first kappa shape index (κ1) is 12.9. The van der Waals surface area contributed by atoms with Gasteiger partial charge in [0.05, 0.1) is 6.10 Å². The molecule has 1 saturated heterocycles. The molecule has 0 saturated carbocycles. The van der Waals surface area contributed by atoms with E-state index in [4.69, 9.17) is 4.74 Å². The number of nitrogens with one attached hydrogen (secondary N) is 1. The molecule has 0 aromatic carbocycles. The van der Waals surface area contributed by atoms with Crippen LogP contribution in [0, 0.1) is 0 Å². The Balaban J connectivity index is 0.000000671. The van der Waals surface area contributed by atoms with Crippen LogP contribution in [0.15, 0.2) is 0 Å². The van der Waals surface area contributed by atoms with E-state index in [-0.39, 0.29) is 0 Å². The summed E-state index contributed by atoms with van der Waals surface area (Å²) < 4.78 is 5.35. The summed E-state index contributed by atoms with van der Waals surface area (Å²) in [4.78, 5) is 2.33. The van der Waals surface area contributed by atoms with Gasteiger partial charge in [0, 0.05) is 26.2 Å². The molecule has 1 rings (SSSR count). The molecule has 0 aromatic rings. The quantitative estimate of drug-likeness (QED) is 0.698. The number of nitrogens with zero attached hydrogens (tertiary/aromatic N) is 1. The van der Waals surface area contributed by atoms with Crippen LogP contribution < -0.4 is 5.32 Å². The zero-order chi connectivity index (χ0) is 10.3. The van der Waals surface area contributed by atoms with Gasteiger partial charge in [0.1, 0.15) is 0 Å². The van der Waals surface area contributed by atoms with Crippen LogP contribution in [-0.2, 0) is 4.74 Å². The van der Waals surface area contributed by atoms with Gasteiger partial charge in [-0.2, -0.15) is 0 Å². The highest BCUT2D eigenvalue weighted by molar-refractivity contribution is 4.83. The highest BCUT2D eigenvalue weighted by Crippen LogP contribution is 2.11. The fourth-order valence-electron chi connectivity index (χ4n) is 1.65. The Labute approximate surface area is 82.4 Å². The van der Waals surface area contributed by atoms with Crippen LogP contribution in [0.3, 0.4) is 0 Å². The largest absolute Gasteiger partial charge is 0.380 e. The van der Waals surface area contributed by atoms with Crippen molar-refractivity contribution in [2.24, 2.45) is 0 Å². The number of likely N-dealkylation sites (tertiary alicyclic amines) is 1. The number of likely N-dealkylation sites (N-methyl/N-ethyl adjacent to an activating group) is 2. The summed E-state index contributed by atoms with van der Waals surface area (Å²) in [5, 5.41) is 3.27. The van der Waals surface area contributed by atoms with Crippen LogP contribution in [0.5, 0.6) is 0 Å². The maximum Gasteiger partial charge on any atom is 0.0748 e. The summed E-state index contributed by atoms with van der Waals surface area (Å²) in [5.74, 6) is 0. The Kier molecular flexibility index (Phi) is 7.23. The minimum absolute atomic E-state index is 0.399. The standard InChI is InChI=1S/C8H18N2O.C2H6/c1-9-7-6-10(2)5-4-8(7)11-3;1-2/h7-9H,4-6H2,1-3H3;1-2H3. The maximum atomic E-state index is 5.35. The summed E-state index contributed by atoms with van der Waals surface area (Å²) in [6, 6.07) is 0.499. The fourth-order valence-corrected chi connectivity index (χ4v) is 1.65. The Morgan fingerprint density at radius 2 is 2.00 bits per heavy atom. The smallest absolute Gasteiger partial charge is 0.0748 e. The molecule has 13 heavy (non-hydrogen) atoms. The van der Waals surface area contributed by atoms with Crippen LogP contribution in [-0.4, -0.2) is 51.3 Å². The molecule has 0 amide bonds. The molecule has 1 aliphatic rings. The summed E-state index contributed by atoms with van der Waals surface area (Å²) in [5.41, 5.74) is 0. The van der Waals surface area contributed by atoms with Gasteiger partial charge in [-0.15, -0.1) is 0 Å². The maximum absolute atomic E-state index is 5.35. The summed E-state index contributed by atoms with van der Waals surface area (Å²) in [7, 11) is 5.94. The first-order valence-electron chi connectivity index (χ1n) is 5.16. The minimum atomic E-state index is 0.399. The van der Waals surface area contributed by atoms with E-state index in [2.05, 4.69) is 17.3 Å². The van der Waals surface area contributed by atoms with Crippen LogP contribution >= 0.6 is 0 Å². The van der Waals surface area contributed by atoms with Crippen molar-refractivity contribution in [2.75, 3.05) is 34.3 Å². The first-order chi connectivity index (χ1) is 6.27. The molecule has 1 aliphatic heterocycles. The predicted molar refractivity (Wildman–Crippen MR) is 57.1 cm³/mol. The summed E-state index contributed by atoms with van der Waals surface area (Å²) in [6.07, 6.45) is 1.54. The van der Waals surface area contributed by atoms with Gasteiger partial charge < -0.3 is 15.0 Å². The van der Waals surface area contributed by atoms with Crippen molar-refractivity contribution in [1.82, 2.24) is 10.2 Å². The van der Waals surface area contributed by atoms with Crippen molar-refractivity contribution in [2.45, 2.75) is 32.4 Å². The Morgan fingerprint density at radius 3 is 2.46 bits per heavy atom. The SMILES string of the molecule is CC.CNC1CN(C)CCC1OC. The molecule has 1 N–H and O–H groups in total. The third kappa shape index (κ3) is 4.07. The fraction of sp³-hybridized carbons (Fsp3) is 1.00. The van der Waals surface area contributed by atoms with E-state index < -0.39 is 0 Å². The number of methoxy groups -OCH3 is 1. The Bertz CT molecular complexity index is 119. The van der Waals surface area contributed by atoms with Gasteiger partial charge in [0.2, 0.25) is 0 Å². The number of rotatable bonds is 2. The molecule has 1 fully saturated rings. The lowest BCUT2D eigenvalue weighted by Gasteiger charge is -2.35. The Morgan fingerprint density at radius 1 is 1.38 bits per heavy atom. The highest BCUT2D eigenvalue weighted by Gasteiger charge is 2.25. The van der Waals surface area contributed by atoms with E-state index in [0.29, 0.717) is 12.1 Å². The zero-order valence-electron chi connectivity index (χ0n) is 9.63. The van der Waals surface area contributed by atoms with Crippen molar-refractivity contribution < 1.29 is 4.74 Å². The molecule has 1 heterocycles. The molecule has 80 valence electrons. The van der Waals surface area contributed by atoms with E-state index in [1.165, 1.54) is 0 Å². The third-order valence-corrected chi connectivity index (χ3v) is 2.43. The number of hydrogen-bond donors (Lipinski definition) is 1. The number of ether oxygens (including phenoxy) is 1. The van der Waals surface area contributed by atoms with E-state index in [0.717, 1.165) is 19.5 Å². The van der Waals surface area contributed by atoms with Gasteiger partial charge >= 0.3 is 0 Å². The van der Waals surface area contributed by atoms with E-state index in [9.17, 15) is 0 Å². The van der Waals surface area contributed by atoms with Crippen molar-refractivity contribution in [1.29, 1.82) is 0 Å². The molecule has 0 radical (unpaired) electrons. The highest BCUT2D eigenvalue weighted by atomic mass is 16.5. The number of piperidine rings is 1. The molecule has 0 aliphatic carbocycles. The van der Waals surface area contributed by atoms with Crippen LogP contribution in [0.4, 0.5) is 0 Å². The second-order valence-corrected chi connectivity index (χ2v) is 3.22. The molecule has 0 aromatic heterocycles. The average Bonchev–Trinajstić information content (AvgIpc) is 2.20. The van der Waals surface area contributed by atoms with Crippen LogP contribution in [0.1, 0.15) is 20.3 Å². The van der Waals surface area contributed by atoms with E-state index in [1.54, 1.807) is 7.11 Å². The monoisotopic (exact) mass is 188 g/mol. The molecule has 3 nitrogen and oxygen atoms in total. The second-order valence-electron chi connectivity index (χ2n) is 3.22. The van der Waals surface area contributed by atoms with Gasteiger partial charge in [0.15, 0.2) is 0 Å². The lowest BCUT2D eigenvalue weighted by Crippen LogP contribution is -2.51. The van der Waals surface area contributed by atoms with Gasteiger partial charge in [-0.05, 0) is 20.5 Å². The zero-order valence-corrected chi connectivity index (χ0v) is 9.63. The van der Waals surface area contributed by atoms with E-state index >= 15 is 0 Å². The van der Waals surface area contributed by atoms with E-state index in [1.807, 2.05) is 20.9 Å². The molecular formula is C10H24N2O. The molecule has 2 unspecified atom stereocenters. The van der Waals surface area contributed by atoms with Crippen molar-refractivity contribution in [3.63, 3.8) is 0 Å². The lowest BCUT2D eigenvalue weighted by molar-refractivity contribution is 0.0217. The lowest BCUT2D eigenvalue weighted by atomic mass is 10.0. The Hall–Kier alpha value is -0.120. The second kappa shape index (κ2) is 7.30. The molecule has 2 atom stereocenters. The first-order valence-corrected chi connectivity index (χ1v) is 5.16. The summed E-state index contributed by atoms with van der Waals surface area (Å²) in [6.45, 7) is 6.24. The summed E-state index contributed by atoms with van der Waals surface area (Å²) >= 11 is 0. The number of hydrogen-bond acceptors (Lipinski definition) is 3.